The summed E-state index contributed by atoms with van der Waals surface area (Å²) in [4.78, 5) is 12.7. The third kappa shape index (κ3) is 5.35. The van der Waals surface area contributed by atoms with Crippen LogP contribution in [0.15, 0.2) is 48.5 Å². The van der Waals surface area contributed by atoms with E-state index in [1.165, 1.54) is 0 Å². The molecule has 1 atom stereocenters. The van der Waals surface area contributed by atoms with Gasteiger partial charge in [-0.25, -0.2) is 0 Å². The van der Waals surface area contributed by atoms with Crippen molar-refractivity contribution < 1.29 is 19.0 Å². The van der Waals surface area contributed by atoms with Crippen molar-refractivity contribution in [1.29, 1.82) is 0 Å². The summed E-state index contributed by atoms with van der Waals surface area (Å²) in [7, 11) is 3.25. The molecule has 2 aromatic carbocycles. The first-order valence-corrected chi connectivity index (χ1v) is 8.62. The van der Waals surface area contributed by atoms with Crippen molar-refractivity contribution in [3.63, 3.8) is 0 Å². The number of benzene rings is 2. The topological polar surface area (TPSA) is 68.8 Å². The number of amides is 1. The van der Waals surface area contributed by atoms with Gasteiger partial charge in [0.25, 0.3) is 5.91 Å². The molecule has 1 amide bonds. The number of hydrogen-bond donors (Lipinski definition) is 2. The Hall–Kier alpha value is -2.28. The number of carbonyl (C=O) groups excluding carboxylic acids is 1. The second-order valence-corrected chi connectivity index (χ2v) is 6.06. The van der Waals surface area contributed by atoms with Gasteiger partial charge in [-0.1, -0.05) is 24.3 Å². The zero-order valence-electron chi connectivity index (χ0n) is 15.4. The van der Waals surface area contributed by atoms with Crippen LogP contribution >= 0.6 is 12.4 Å². The maximum atomic E-state index is 12.7. The molecule has 0 radical (unpaired) electrons. The van der Waals surface area contributed by atoms with Gasteiger partial charge in [-0.15, -0.1) is 12.4 Å². The quantitative estimate of drug-likeness (QED) is 0.789. The van der Waals surface area contributed by atoms with E-state index in [4.69, 9.17) is 14.2 Å². The summed E-state index contributed by atoms with van der Waals surface area (Å²) in [5.74, 6) is 1.33. The van der Waals surface area contributed by atoms with Crippen LogP contribution in [0.5, 0.6) is 11.5 Å². The molecule has 1 fully saturated rings. The summed E-state index contributed by atoms with van der Waals surface area (Å²) in [6.07, 6.45) is -0.498. The van der Waals surface area contributed by atoms with E-state index >= 15 is 0 Å². The van der Waals surface area contributed by atoms with Crippen LogP contribution in [0.2, 0.25) is 0 Å². The first kappa shape index (κ1) is 21.0. The predicted molar refractivity (Wildman–Crippen MR) is 106 cm³/mol. The highest BCUT2D eigenvalue weighted by Gasteiger charge is 2.26. The molecule has 1 aliphatic rings. The van der Waals surface area contributed by atoms with Gasteiger partial charge in [-0.2, -0.15) is 0 Å². The Kier molecular flexibility index (Phi) is 7.91. The predicted octanol–water partition coefficient (Wildman–Crippen LogP) is 2.32. The van der Waals surface area contributed by atoms with Crippen LogP contribution in [0.25, 0.3) is 0 Å². The molecule has 0 aromatic heterocycles. The van der Waals surface area contributed by atoms with Crippen LogP contribution in [-0.2, 0) is 9.53 Å². The molecule has 0 spiro atoms. The van der Waals surface area contributed by atoms with Crippen LogP contribution in [0.3, 0.4) is 0 Å². The number of nitrogens with one attached hydrogen (secondary N) is 2. The molecular weight excluding hydrogens is 368 g/mol. The first-order valence-electron chi connectivity index (χ1n) is 8.62. The minimum atomic E-state index is -0.498. The van der Waals surface area contributed by atoms with E-state index in [9.17, 15) is 4.79 Å². The van der Waals surface area contributed by atoms with Crippen LogP contribution < -0.4 is 20.1 Å². The van der Waals surface area contributed by atoms with E-state index < -0.39 is 6.10 Å². The lowest BCUT2D eigenvalue weighted by atomic mass is 9.97. The highest BCUT2D eigenvalue weighted by atomic mass is 35.5. The lowest BCUT2D eigenvalue weighted by Crippen LogP contribution is -2.48. The van der Waals surface area contributed by atoms with Crippen molar-refractivity contribution in [2.75, 3.05) is 33.9 Å². The molecule has 0 saturated carbocycles. The van der Waals surface area contributed by atoms with E-state index in [2.05, 4.69) is 10.6 Å². The van der Waals surface area contributed by atoms with Gasteiger partial charge in [-0.3, -0.25) is 4.79 Å². The van der Waals surface area contributed by atoms with Crippen molar-refractivity contribution in [2.24, 2.45) is 0 Å². The summed E-state index contributed by atoms with van der Waals surface area (Å²) < 4.78 is 16.2. The normalized spacial score (nSPS) is 16.3. The van der Waals surface area contributed by atoms with Crippen molar-refractivity contribution >= 4 is 18.3 Å². The largest absolute Gasteiger partial charge is 0.497 e. The second-order valence-electron chi connectivity index (χ2n) is 6.06. The molecule has 6 nitrogen and oxygen atoms in total. The van der Waals surface area contributed by atoms with E-state index in [1.54, 1.807) is 14.2 Å². The van der Waals surface area contributed by atoms with Crippen LogP contribution in [-0.4, -0.2) is 45.9 Å². The first-order chi connectivity index (χ1) is 12.7. The number of methoxy groups -OCH3 is 2. The third-order valence-corrected chi connectivity index (χ3v) is 4.36. The van der Waals surface area contributed by atoms with E-state index in [1.807, 2.05) is 48.5 Å². The number of morpholine rings is 1. The van der Waals surface area contributed by atoms with Gasteiger partial charge in [0.15, 0.2) is 0 Å². The summed E-state index contributed by atoms with van der Waals surface area (Å²) >= 11 is 0. The minimum Gasteiger partial charge on any atom is -0.497 e. The monoisotopic (exact) mass is 392 g/mol. The van der Waals surface area contributed by atoms with E-state index in [0.29, 0.717) is 13.2 Å². The number of rotatable bonds is 6. The number of ether oxygens (including phenoxy) is 3. The Balaban J connectivity index is 0.00000261. The number of hydrogen-bond acceptors (Lipinski definition) is 5. The standard InChI is InChI=1S/C20H24N2O4.ClH/c1-24-16-7-3-5-14(11-16)19(15-6-4-8-17(12-15)25-2)22-20(23)18-13-21-9-10-26-18;/h3-8,11-12,18-19,21H,9-10,13H2,1-2H3,(H,22,23);1H. The number of halogens is 1. The molecule has 1 saturated heterocycles. The van der Waals surface area contributed by atoms with Crippen LogP contribution in [0.4, 0.5) is 0 Å². The van der Waals surface area contributed by atoms with E-state index in [0.717, 1.165) is 29.2 Å². The van der Waals surface area contributed by atoms with Crippen LogP contribution in [0, 0.1) is 0 Å². The fourth-order valence-corrected chi connectivity index (χ4v) is 2.97. The average Bonchev–Trinajstić information content (AvgIpc) is 2.72. The number of carbonyl (C=O) groups is 1. The third-order valence-electron chi connectivity index (χ3n) is 4.36. The van der Waals surface area contributed by atoms with Crippen molar-refractivity contribution in [2.45, 2.75) is 12.1 Å². The Bertz CT molecular complexity index is 703. The minimum absolute atomic E-state index is 0. The van der Waals surface area contributed by atoms with Gasteiger partial charge in [0.05, 0.1) is 26.9 Å². The van der Waals surface area contributed by atoms with Gasteiger partial charge in [0.2, 0.25) is 0 Å². The maximum absolute atomic E-state index is 12.7. The zero-order valence-corrected chi connectivity index (χ0v) is 16.3. The molecule has 0 bridgehead atoms. The van der Waals surface area contributed by atoms with Gasteiger partial charge in [0.1, 0.15) is 17.6 Å². The molecule has 1 aliphatic heterocycles. The van der Waals surface area contributed by atoms with Gasteiger partial charge in [0, 0.05) is 13.1 Å². The highest BCUT2D eigenvalue weighted by Crippen LogP contribution is 2.27. The average molecular weight is 393 g/mol. The van der Waals surface area contributed by atoms with Crippen LogP contribution in [0.1, 0.15) is 17.2 Å². The molecule has 1 heterocycles. The fourth-order valence-electron chi connectivity index (χ4n) is 2.97. The molecule has 7 heteroatoms. The zero-order chi connectivity index (χ0) is 18.4. The summed E-state index contributed by atoms with van der Waals surface area (Å²) in [5.41, 5.74) is 1.85. The van der Waals surface area contributed by atoms with Gasteiger partial charge in [-0.05, 0) is 35.4 Å². The smallest absolute Gasteiger partial charge is 0.251 e. The molecule has 1 unspecified atom stereocenters. The van der Waals surface area contributed by atoms with E-state index in [-0.39, 0.29) is 24.4 Å². The fraction of sp³-hybridized carbons (Fsp3) is 0.350. The Labute approximate surface area is 165 Å². The van der Waals surface area contributed by atoms with Crippen molar-refractivity contribution in [3.05, 3.63) is 59.7 Å². The van der Waals surface area contributed by atoms with Crippen molar-refractivity contribution in [3.8, 4) is 11.5 Å². The SMILES string of the molecule is COc1cccc(C(NC(=O)C2CNCCO2)c2cccc(OC)c2)c1.Cl. The lowest BCUT2D eigenvalue weighted by Gasteiger charge is -2.26. The molecule has 2 aromatic rings. The summed E-state index contributed by atoms with van der Waals surface area (Å²) in [6.45, 7) is 1.80. The molecule has 2 N–H and O–H groups in total. The Morgan fingerprint density at radius 2 is 1.70 bits per heavy atom. The molecule has 27 heavy (non-hydrogen) atoms. The lowest BCUT2D eigenvalue weighted by molar-refractivity contribution is -0.134. The van der Waals surface area contributed by atoms with Gasteiger partial charge < -0.3 is 24.8 Å². The molecular formula is C20H25ClN2O4. The molecule has 0 aliphatic carbocycles. The second kappa shape index (κ2) is 10.2. The Morgan fingerprint density at radius 3 is 2.19 bits per heavy atom. The Morgan fingerprint density at radius 1 is 1.11 bits per heavy atom. The summed E-state index contributed by atoms with van der Waals surface area (Å²) in [5, 5.41) is 6.29. The summed E-state index contributed by atoms with van der Waals surface area (Å²) in [6, 6.07) is 15.0. The van der Waals surface area contributed by atoms with Crippen molar-refractivity contribution in [1.82, 2.24) is 10.6 Å². The highest BCUT2D eigenvalue weighted by molar-refractivity contribution is 5.85. The van der Waals surface area contributed by atoms with Gasteiger partial charge >= 0.3 is 0 Å². The molecule has 146 valence electrons. The molecule has 3 rings (SSSR count). The maximum Gasteiger partial charge on any atom is 0.251 e.